The molecule has 16 heavy (non-hydrogen) atoms. The molecule has 1 unspecified atom stereocenters. The molecule has 0 aliphatic heterocycles. The Balaban J connectivity index is 1.56. The lowest BCUT2D eigenvalue weighted by atomic mass is 9.63. The Morgan fingerprint density at radius 2 is 2.25 bits per heavy atom. The number of nitrogens with zero attached hydrogens (tertiary/aromatic N) is 3. The van der Waals surface area contributed by atoms with Crippen molar-refractivity contribution in [2.45, 2.75) is 51.1 Å². The van der Waals surface area contributed by atoms with E-state index in [9.17, 15) is 0 Å². The second kappa shape index (κ2) is 3.84. The largest absolute Gasteiger partial charge is 0.308 e. The van der Waals surface area contributed by atoms with Gasteiger partial charge < -0.3 is 5.32 Å². The standard InChI is InChI=1S/C12H20N4/c1-16-9-10(14-15-16)8-13-11-4-7-12(11)5-2-3-6-12/h9,11,13H,2-8H2,1H3. The zero-order valence-electron chi connectivity index (χ0n) is 9.95. The highest BCUT2D eigenvalue weighted by molar-refractivity contribution is 5.04. The smallest absolute Gasteiger partial charge is 0.0964 e. The Morgan fingerprint density at radius 3 is 2.81 bits per heavy atom. The van der Waals surface area contributed by atoms with Crippen LogP contribution in [-0.2, 0) is 13.6 Å². The molecule has 1 N–H and O–H groups in total. The summed E-state index contributed by atoms with van der Waals surface area (Å²) in [5.41, 5.74) is 1.71. The zero-order valence-corrected chi connectivity index (χ0v) is 9.95. The average Bonchev–Trinajstić information content (AvgIpc) is 2.86. The highest BCUT2D eigenvalue weighted by Crippen LogP contribution is 2.53. The monoisotopic (exact) mass is 220 g/mol. The minimum absolute atomic E-state index is 0.655. The lowest BCUT2D eigenvalue weighted by Crippen LogP contribution is -2.51. The van der Waals surface area contributed by atoms with Gasteiger partial charge in [-0.15, -0.1) is 5.10 Å². The predicted octanol–water partition coefficient (Wildman–Crippen LogP) is 1.63. The van der Waals surface area contributed by atoms with E-state index in [1.165, 1.54) is 38.5 Å². The Morgan fingerprint density at radius 1 is 1.44 bits per heavy atom. The molecule has 0 saturated heterocycles. The Hall–Kier alpha value is -0.900. The van der Waals surface area contributed by atoms with Crippen molar-refractivity contribution in [2.24, 2.45) is 12.5 Å². The Labute approximate surface area is 96.4 Å². The van der Waals surface area contributed by atoms with Gasteiger partial charge in [-0.3, -0.25) is 4.68 Å². The van der Waals surface area contributed by atoms with Gasteiger partial charge in [0.1, 0.15) is 0 Å². The first-order valence-corrected chi connectivity index (χ1v) is 6.37. The van der Waals surface area contributed by atoms with Crippen LogP contribution >= 0.6 is 0 Å². The summed E-state index contributed by atoms with van der Waals surface area (Å²) in [6, 6.07) is 0.733. The van der Waals surface area contributed by atoms with Crippen LogP contribution in [0.4, 0.5) is 0 Å². The maximum Gasteiger partial charge on any atom is 0.0964 e. The molecule has 2 fully saturated rings. The van der Waals surface area contributed by atoms with E-state index in [0.717, 1.165) is 18.3 Å². The Kier molecular flexibility index (Phi) is 2.46. The van der Waals surface area contributed by atoms with Crippen molar-refractivity contribution in [1.29, 1.82) is 0 Å². The van der Waals surface area contributed by atoms with E-state index in [-0.39, 0.29) is 0 Å². The van der Waals surface area contributed by atoms with E-state index in [4.69, 9.17) is 0 Å². The third-order valence-electron chi connectivity index (χ3n) is 4.45. The number of aromatic nitrogens is 3. The second-order valence-electron chi connectivity index (χ2n) is 5.43. The highest BCUT2D eigenvalue weighted by atomic mass is 15.4. The molecular weight excluding hydrogens is 200 g/mol. The van der Waals surface area contributed by atoms with Gasteiger partial charge in [0, 0.05) is 25.8 Å². The van der Waals surface area contributed by atoms with E-state index in [1.807, 2.05) is 13.2 Å². The molecule has 0 amide bonds. The van der Waals surface area contributed by atoms with Crippen LogP contribution in [0.15, 0.2) is 6.20 Å². The van der Waals surface area contributed by atoms with Gasteiger partial charge in [-0.25, -0.2) is 0 Å². The van der Waals surface area contributed by atoms with Crippen molar-refractivity contribution in [2.75, 3.05) is 0 Å². The molecule has 1 aromatic rings. The molecule has 4 nitrogen and oxygen atoms in total. The van der Waals surface area contributed by atoms with Crippen molar-refractivity contribution in [3.05, 3.63) is 11.9 Å². The van der Waals surface area contributed by atoms with Crippen LogP contribution in [0.1, 0.15) is 44.2 Å². The first-order chi connectivity index (χ1) is 7.78. The van der Waals surface area contributed by atoms with Gasteiger partial charge in [-0.1, -0.05) is 18.1 Å². The fourth-order valence-electron chi connectivity index (χ4n) is 3.40. The van der Waals surface area contributed by atoms with Crippen LogP contribution in [-0.4, -0.2) is 21.0 Å². The first kappa shape index (κ1) is 10.3. The third kappa shape index (κ3) is 1.65. The maximum atomic E-state index is 4.11. The SMILES string of the molecule is Cn1cc(CNC2CCC23CCCC3)nn1. The van der Waals surface area contributed by atoms with Gasteiger partial charge in [-0.05, 0) is 31.1 Å². The number of hydrogen-bond acceptors (Lipinski definition) is 3. The van der Waals surface area contributed by atoms with Crippen LogP contribution in [0, 0.1) is 5.41 Å². The van der Waals surface area contributed by atoms with Crippen LogP contribution in [0.2, 0.25) is 0 Å². The summed E-state index contributed by atoms with van der Waals surface area (Å²) < 4.78 is 1.77. The second-order valence-corrected chi connectivity index (χ2v) is 5.43. The number of rotatable bonds is 3. The summed E-state index contributed by atoms with van der Waals surface area (Å²) in [6.07, 6.45) is 10.5. The van der Waals surface area contributed by atoms with Crippen molar-refractivity contribution >= 4 is 0 Å². The molecule has 2 aliphatic carbocycles. The van der Waals surface area contributed by atoms with Crippen molar-refractivity contribution in [3.8, 4) is 0 Å². The quantitative estimate of drug-likeness (QED) is 0.842. The molecule has 1 heterocycles. The van der Waals surface area contributed by atoms with Crippen LogP contribution in [0.5, 0.6) is 0 Å². The molecule has 88 valence electrons. The lowest BCUT2D eigenvalue weighted by molar-refractivity contribution is 0.0714. The molecule has 0 bridgehead atoms. The molecule has 0 radical (unpaired) electrons. The fourth-order valence-corrected chi connectivity index (χ4v) is 3.40. The minimum Gasteiger partial charge on any atom is -0.308 e. The minimum atomic E-state index is 0.655. The van der Waals surface area contributed by atoms with Gasteiger partial charge >= 0.3 is 0 Å². The molecule has 4 heteroatoms. The molecule has 0 aromatic carbocycles. The molecule has 1 spiro atoms. The Bertz CT molecular complexity index is 365. The maximum absolute atomic E-state index is 4.11. The number of nitrogens with one attached hydrogen (secondary N) is 1. The predicted molar refractivity (Wildman–Crippen MR) is 61.8 cm³/mol. The normalized spacial score (nSPS) is 27.2. The summed E-state index contributed by atoms with van der Waals surface area (Å²) >= 11 is 0. The van der Waals surface area contributed by atoms with Crippen LogP contribution in [0.25, 0.3) is 0 Å². The van der Waals surface area contributed by atoms with E-state index in [0.29, 0.717) is 5.41 Å². The molecule has 1 aromatic heterocycles. The van der Waals surface area contributed by atoms with Crippen molar-refractivity contribution < 1.29 is 0 Å². The average molecular weight is 220 g/mol. The van der Waals surface area contributed by atoms with Crippen LogP contribution < -0.4 is 5.32 Å². The molecule has 2 aliphatic rings. The molecule has 3 rings (SSSR count). The summed E-state index contributed by atoms with van der Waals surface area (Å²) in [4.78, 5) is 0. The summed E-state index contributed by atoms with van der Waals surface area (Å²) in [5, 5.41) is 11.7. The van der Waals surface area contributed by atoms with Gasteiger partial charge in [-0.2, -0.15) is 0 Å². The highest BCUT2D eigenvalue weighted by Gasteiger charge is 2.47. The fraction of sp³-hybridized carbons (Fsp3) is 0.833. The van der Waals surface area contributed by atoms with E-state index in [2.05, 4.69) is 15.6 Å². The first-order valence-electron chi connectivity index (χ1n) is 6.37. The molecule has 2 saturated carbocycles. The summed E-state index contributed by atoms with van der Waals surface area (Å²) in [7, 11) is 1.91. The topological polar surface area (TPSA) is 42.7 Å². The van der Waals surface area contributed by atoms with E-state index in [1.54, 1.807) is 4.68 Å². The van der Waals surface area contributed by atoms with E-state index >= 15 is 0 Å². The van der Waals surface area contributed by atoms with Crippen molar-refractivity contribution in [3.63, 3.8) is 0 Å². The summed E-state index contributed by atoms with van der Waals surface area (Å²) in [5.74, 6) is 0. The molecular formula is C12H20N4. The van der Waals surface area contributed by atoms with Crippen molar-refractivity contribution in [1.82, 2.24) is 20.3 Å². The zero-order chi connectivity index (χ0) is 11.0. The molecule has 1 atom stereocenters. The van der Waals surface area contributed by atoms with Gasteiger partial charge in [0.05, 0.1) is 5.69 Å². The van der Waals surface area contributed by atoms with Gasteiger partial charge in [0.25, 0.3) is 0 Å². The van der Waals surface area contributed by atoms with E-state index < -0.39 is 0 Å². The van der Waals surface area contributed by atoms with Gasteiger partial charge in [0.2, 0.25) is 0 Å². The van der Waals surface area contributed by atoms with Crippen LogP contribution in [0.3, 0.4) is 0 Å². The summed E-state index contributed by atoms with van der Waals surface area (Å²) in [6.45, 7) is 0.875. The lowest BCUT2D eigenvalue weighted by Gasteiger charge is -2.48. The number of hydrogen-bond donors (Lipinski definition) is 1. The van der Waals surface area contributed by atoms with Gasteiger partial charge in [0.15, 0.2) is 0 Å². The number of aryl methyl sites for hydroxylation is 1. The third-order valence-corrected chi connectivity index (χ3v) is 4.45.